The van der Waals surface area contributed by atoms with Gasteiger partial charge >= 0.3 is 0 Å². The predicted octanol–water partition coefficient (Wildman–Crippen LogP) is 4.03. The fourth-order valence-corrected chi connectivity index (χ4v) is 4.29. The molecule has 2 heterocycles. The van der Waals surface area contributed by atoms with E-state index in [0.717, 1.165) is 31.7 Å². The number of halogens is 1. The normalized spacial score (nSPS) is 20.6. The molecule has 154 valence electrons. The molecule has 7 heteroatoms. The molecule has 1 aliphatic heterocycles. The number of carbonyl (C=O) groups excluding carboxylic acids is 1. The SMILES string of the molecule is CC1CN(c2cc(Oc3cccc(F)c3)ncn2)CCN1C(=O)C1CCCCC1. The molecule has 29 heavy (non-hydrogen) atoms. The lowest BCUT2D eigenvalue weighted by Crippen LogP contribution is -2.55. The van der Waals surface area contributed by atoms with E-state index in [1.807, 2.05) is 4.90 Å². The Labute approximate surface area is 170 Å². The Morgan fingerprint density at radius 3 is 2.72 bits per heavy atom. The van der Waals surface area contributed by atoms with Crippen molar-refractivity contribution in [1.29, 1.82) is 0 Å². The smallest absolute Gasteiger partial charge is 0.226 e. The van der Waals surface area contributed by atoms with Crippen molar-refractivity contribution < 1.29 is 13.9 Å². The number of piperazine rings is 1. The van der Waals surface area contributed by atoms with E-state index in [1.165, 1.54) is 37.7 Å². The van der Waals surface area contributed by atoms with Crippen molar-refractivity contribution in [2.24, 2.45) is 5.92 Å². The first-order chi connectivity index (χ1) is 14.1. The van der Waals surface area contributed by atoms with Crippen LogP contribution in [0.25, 0.3) is 0 Å². The van der Waals surface area contributed by atoms with E-state index in [1.54, 1.807) is 18.2 Å². The number of aromatic nitrogens is 2. The summed E-state index contributed by atoms with van der Waals surface area (Å²) in [6.07, 6.45) is 7.09. The number of nitrogens with zero attached hydrogens (tertiary/aromatic N) is 4. The van der Waals surface area contributed by atoms with E-state index < -0.39 is 0 Å². The number of rotatable bonds is 4. The number of amides is 1. The summed E-state index contributed by atoms with van der Waals surface area (Å²) < 4.78 is 19.0. The minimum Gasteiger partial charge on any atom is -0.439 e. The van der Waals surface area contributed by atoms with Gasteiger partial charge in [0.15, 0.2) is 0 Å². The van der Waals surface area contributed by atoms with Crippen molar-refractivity contribution in [3.05, 3.63) is 42.5 Å². The summed E-state index contributed by atoms with van der Waals surface area (Å²) in [6, 6.07) is 7.85. The molecule has 0 bridgehead atoms. The molecule has 6 nitrogen and oxygen atoms in total. The highest BCUT2D eigenvalue weighted by molar-refractivity contribution is 5.79. The molecule has 1 saturated heterocycles. The lowest BCUT2D eigenvalue weighted by molar-refractivity contribution is -0.139. The largest absolute Gasteiger partial charge is 0.439 e. The van der Waals surface area contributed by atoms with Crippen LogP contribution in [0.1, 0.15) is 39.0 Å². The molecule has 0 N–H and O–H groups in total. The summed E-state index contributed by atoms with van der Waals surface area (Å²) in [4.78, 5) is 25.6. The molecule has 1 unspecified atom stereocenters. The highest BCUT2D eigenvalue weighted by Gasteiger charge is 2.32. The predicted molar refractivity (Wildman–Crippen MR) is 108 cm³/mol. The van der Waals surface area contributed by atoms with Crippen LogP contribution in [-0.4, -0.2) is 46.5 Å². The molecule has 0 radical (unpaired) electrons. The highest BCUT2D eigenvalue weighted by Crippen LogP contribution is 2.28. The minimum atomic E-state index is -0.357. The molecule has 1 saturated carbocycles. The third kappa shape index (κ3) is 4.66. The van der Waals surface area contributed by atoms with E-state index in [2.05, 4.69) is 21.8 Å². The second-order valence-corrected chi connectivity index (χ2v) is 7.94. The van der Waals surface area contributed by atoms with Gasteiger partial charge in [-0.1, -0.05) is 25.3 Å². The maximum atomic E-state index is 13.4. The van der Waals surface area contributed by atoms with Crippen LogP contribution in [0.5, 0.6) is 11.6 Å². The van der Waals surface area contributed by atoms with Crippen molar-refractivity contribution >= 4 is 11.7 Å². The van der Waals surface area contributed by atoms with Crippen molar-refractivity contribution in [3.63, 3.8) is 0 Å². The molecule has 1 atom stereocenters. The topological polar surface area (TPSA) is 58.6 Å². The molecule has 1 aromatic carbocycles. The second-order valence-electron chi connectivity index (χ2n) is 7.94. The third-order valence-corrected chi connectivity index (χ3v) is 5.84. The standard InChI is InChI=1S/C22H27FN4O2/c1-16-14-26(10-11-27(16)22(28)17-6-3-2-4-7-17)20-13-21(25-15-24-20)29-19-9-5-8-18(23)12-19/h5,8-9,12-13,15-17H,2-4,6-7,10-11,14H2,1H3. The Kier molecular flexibility index (Phi) is 5.92. The van der Waals surface area contributed by atoms with Gasteiger partial charge in [-0.2, -0.15) is 0 Å². The summed E-state index contributed by atoms with van der Waals surface area (Å²) in [5, 5.41) is 0. The zero-order valence-corrected chi connectivity index (χ0v) is 16.8. The number of ether oxygens (including phenoxy) is 1. The minimum absolute atomic E-state index is 0.126. The maximum Gasteiger partial charge on any atom is 0.226 e. The molecule has 2 aromatic rings. The molecular weight excluding hydrogens is 371 g/mol. The molecule has 0 spiro atoms. The fourth-order valence-electron chi connectivity index (χ4n) is 4.29. The average molecular weight is 398 g/mol. The lowest BCUT2D eigenvalue weighted by Gasteiger charge is -2.42. The molecule has 1 aliphatic carbocycles. The van der Waals surface area contributed by atoms with E-state index in [4.69, 9.17) is 4.74 Å². The van der Waals surface area contributed by atoms with Crippen LogP contribution in [0.15, 0.2) is 36.7 Å². The van der Waals surface area contributed by atoms with Gasteiger partial charge in [-0.3, -0.25) is 4.79 Å². The molecular formula is C22H27FN4O2. The van der Waals surface area contributed by atoms with Crippen LogP contribution < -0.4 is 9.64 Å². The number of hydrogen-bond donors (Lipinski definition) is 0. The number of hydrogen-bond acceptors (Lipinski definition) is 5. The second kappa shape index (κ2) is 8.76. The van der Waals surface area contributed by atoms with Crippen LogP contribution >= 0.6 is 0 Å². The summed E-state index contributed by atoms with van der Waals surface area (Å²) in [5.74, 6) is 1.67. The fraction of sp³-hybridized carbons (Fsp3) is 0.500. The first-order valence-corrected chi connectivity index (χ1v) is 10.4. The van der Waals surface area contributed by atoms with Crippen LogP contribution in [0.2, 0.25) is 0 Å². The van der Waals surface area contributed by atoms with E-state index in [-0.39, 0.29) is 17.8 Å². The van der Waals surface area contributed by atoms with Gasteiger partial charge in [-0.25, -0.2) is 14.4 Å². The Morgan fingerprint density at radius 2 is 1.97 bits per heavy atom. The van der Waals surface area contributed by atoms with Gasteiger partial charge in [0.2, 0.25) is 11.8 Å². The van der Waals surface area contributed by atoms with E-state index in [0.29, 0.717) is 24.1 Å². The number of anilines is 1. The zero-order chi connectivity index (χ0) is 20.2. The zero-order valence-electron chi connectivity index (χ0n) is 16.8. The lowest BCUT2D eigenvalue weighted by atomic mass is 9.88. The Morgan fingerprint density at radius 1 is 1.14 bits per heavy atom. The molecule has 2 aliphatic rings. The van der Waals surface area contributed by atoms with Crippen LogP contribution in [-0.2, 0) is 4.79 Å². The summed E-state index contributed by atoms with van der Waals surface area (Å²) in [5.41, 5.74) is 0. The molecule has 1 amide bonds. The van der Waals surface area contributed by atoms with Crippen molar-refractivity contribution in [2.45, 2.75) is 45.1 Å². The van der Waals surface area contributed by atoms with Crippen LogP contribution in [0.4, 0.5) is 10.2 Å². The maximum absolute atomic E-state index is 13.4. The van der Waals surface area contributed by atoms with Gasteiger partial charge < -0.3 is 14.5 Å². The van der Waals surface area contributed by atoms with Crippen molar-refractivity contribution in [2.75, 3.05) is 24.5 Å². The van der Waals surface area contributed by atoms with Gasteiger partial charge in [-0.15, -0.1) is 0 Å². The Bertz CT molecular complexity index is 856. The molecule has 2 fully saturated rings. The van der Waals surface area contributed by atoms with Gasteiger partial charge in [0.1, 0.15) is 23.7 Å². The first-order valence-electron chi connectivity index (χ1n) is 10.4. The Hall–Kier alpha value is -2.70. The van der Waals surface area contributed by atoms with Crippen molar-refractivity contribution in [1.82, 2.24) is 14.9 Å². The van der Waals surface area contributed by atoms with Gasteiger partial charge in [0.05, 0.1) is 0 Å². The van der Waals surface area contributed by atoms with Crippen molar-refractivity contribution in [3.8, 4) is 11.6 Å². The highest BCUT2D eigenvalue weighted by atomic mass is 19.1. The van der Waals surface area contributed by atoms with E-state index >= 15 is 0 Å². The average Bonchev–Trinajstić information content (AvgIpc) is 2.74. The summed E-state index contributed by atoms with van der Waals surface area (Å²) in [6.45, 7) is 4.23. The molecule has 4 rings (SSSR count). The van der Waals surface area contributed by atoms with Gasteiger partial charge in [0, 0.05) is 43.7 Å². The molecule has 1 aromatic heterocycles. The van der Waals surface area contributed by atoms with Gasteiger partial charge in [0.25, 0.3) is 0 Å². The summed E-state index contributed by atoms with van der Waals surface area (Å²) in [7, 11) is 0. The van der Waals surface area contributed by atoms with E-state index in [9.17, 15) is 9.18 Å². The first kappa shape index (κ1) is 19.6. The number of carbonyl (C=O) groups is 1. The van der Waals surface area contributed by atoms with Gasteiger partial charge in [-0.05, 0) is 31.9 Å². The third-order valence-electron chi connectivity index (χ3n) is 5.84. The monoisotopic (exact) mass is 398 g/mol. The van der Waals surface area contributed by atoms with Crippen LogP contribution in [0.3, 0.4) is 0 Å². The van der Waals surface area contributed by atoms with Crippen LogP contribution in [0, 0.1) is 11.7 Å². The number of benzene rings is 1. The summed E-state index contributed by atoms with van der Waals surface area (Å²) >= 11 is 0. The quantitative estimate of drug-likeness (QED) is 0.778. The Balaban J connectivity index is 1.40.